The molecule has 10 nitrogen and oxygen atoms in total. The summed E-state index contributed by atoms with van der Waals surface area (Å²) < 4.78 is 0. The van der Waals surface area contributed by atoms with E-state index in [-0.39, 0.29) is 44.4 Å². The quantitative estimate of drug-likeness (QED) is 0.112. The molecule has 1 fully saturated rings. The van der Waals surface area contributed by atoms with E-state index in [1.165, 1.54) is 22.7 Å². The second kappa shape index (κ2) is 14.8. The molecule has 53 heavy (non-hydrogen) atoms. The van der Waals surface area contributed by atoms with Crippen LogP contribution in [0.3, 0.4) is 0 Å². The number of thiazole rings is 2. The molecule has 0 spiro atoms. The summed E-state index contributed by atoms with van der Waals surface area (Å²) >= 11 is 9.13. The molecule has 0 bridgehead atoms. The van der Waals surface area contributed by atoms with E-state index in [0.717, 1.165) is 44.8 Å². The normalized spacial score (nSPS) is 20.8. The van der Waals surface area contributed by atoms with Crippen LogP contribution in [0.25, 0.3) is 21.1 Å². The molecule has 7 rings (SSSR count). The van der Waals surface area contributed by atoms with Gasteiger partial charge in [0.2, 0.25) is 11.8 Å². The highest BCUT2D eigenvalue weighted by Gasteiger charge is 2.47. The lowest BCUT2D eigenvalue weighted by molar-refractivity contribution is -0.149. The van der Waals surface area contributed by atoms with Crippen molar-refractivity contribution < 1.29 is 29.4 Å². The maximum atomic E-state index is 13.3. The standard InChI is InChI=1S/C40H37ClN4O6S2/c1-23-8-10-24(11-9-23)35-42-29(21-52-35)16-34(47)45-40(38(50)51)19-27-13-12-25(15-28(27)20-40)26-5-4-14-39(18-26,37(48)49)44-33(46)17-30-22-53-36(43-30)31-6-2-3-7-32(31)41/h2-3,6-13,15,21-22,26H,4-5,14,16-20H2,1H3,(H,44,46)(H,45,47)(H,48,49)(H,50,51). The van der Waals surface area contributed by atoms with Crippen molar-refractivity contribution in [2.75, 3.05) is 0 Å². The number of aromatic nitrogens is 2. The molecule has 13 heteroatoms. The van der Waals surface area contributed by atoms with Crippen molar-refractivity contribution in [3.63, 3.8) is 0 Å². The van der Waals surface area contributed by atoms with Crippen LogP contribution in [0.15, 0.2) is 77.5 Å². The van der Waals surface area contributed by atoms with Crippen LogP contribution in [0.5, 0.6) is 0 Å². The summed E-state index contributed by atoms with van der Waals surface area (Å²) in [6.45, 7) is 2.01. The Morgan fingerprint density at radius 2 is 1.43 bits per heavy atom. The molecule has 0 radical (unpaired) electrons. The minimum atomic E-state index is -1.51. The molecule has 3 aromatic carbocycles. The largest absolute Gasteiger partial charge is 0.480 e. The number of aryl methyl sites for hydroxylation is 1. The number of carboxylic acid groups (broad SMARTS) is 2. The van der Waals surface area contributed by atoms with Crippen molar-refractivity contribution in [3.8, 4) is 21.1 Å². The number of hydrogen-bond acceptors (Lipinski definition) is 8. The van der Waals surface area contributed by atoms with Gasteiger partial charge in [-0.3, -0.25) is 9.59 Å². The molecule has 1 saturated carbocycles. The van der Waals surface area contributed by atoms with Crippen LogP contribution in [0.4, 0.5) is 0 Å². The van der Waals surface area contributed by atoms with Gasteiger partial charge in [0.25, 0.3) is 0 Å². The third kappa shape index (κ3) is 7.76. The fourth-order valence-electron chi connectivity index (χ4n) is 7.48. The Balaban J connectivity index is 1.01. The van der Waals surface area contributed by atoms with Gasteiger partial charge < -0.3 is 20.8 Å². The fraction of sp³-hybridized carbons (Fsp3) is 0.300. The molecule has 2 aromatic heterocycles. The topological polar surface area (TPSA) is 159 Å². The lowest BCUT2D eigenvalue weighted by atomic mass is 9.72. The molecule has 5 aromatic rings. The number of hydrogen-bond donors (Lipinski definition) is 4. The van der Waals surface area contributed by atoms with E-state index < -0.39 is 34.8 Å². The van der Waals surface area contributed by atoms with Gasteiger partial charge in [-0.05, 0) is 61.3 Å². The van der Waals surface area contributed by atoms with Crippen molar-refractivity contribution in [3.05, 3.63) is 116 Å². The number of carbonyl (C=O) groups is 4. The molecule has 2 heterocycles. The molecular formula is C40H37ClN4O6S2. The zero-order valence-corrected chi connectivity index (χ0v) is 31.2. The molecule has 2 aliphatic rings. The number of carbonyl (C=O) groups excluding carboxylic acids is 2. The molecule has 0 saturated heterocycles. The monoisotopic (exact) mass is 768 g/mol. The summed E-state index contributed by atoms with van der Waals surface area (Å²) in [4.78, 5) is 61.2. The van der Waals surface area contributed by atoms with Gasteiger partial charge in [-0.15, -0.1) is 22.7 Å². The lowest BCUT2D eigenvalue weighted by Crippen LogP contribution is -2.57. The van der Waals surface area contributed by atoms with Crippen LogP contribution in [0.1, 0.15) is 65.2 Å². The second-order valence-corrected chi connectivity index (χ2v) is 16.2. The van der Waals surface area contributed by atoms with Crippen LogP contribution in [0, 0.1) is 6.92 Å². The average Bonchev–Trinajstić information content (AvgIpc) is 3.88. The Morgan fingerprint density at radius 3 is 2.11 bits per heavy atom. The van der Waals surface area contributed by atoms with E-state index in [2.05, 4.69) is 20.6 Å². The van der Waals surface area contributed by atoms with Gasteiger partial charge in [0.1, 0.15) is 21.1 Å². The molecule has 2 aliphatic carbocycles. The van der Waals surface area contributed by atoms with Crippen molar-refractivity contribution in [2.24, 2.45) is 0 Å². The molecule has 4 N–H and O–H groups in total. The summed E-state index contributed by atoms with van der Waals surface area (Å²) in [5.74, 6) is -3.24. The number of nitrogens with one attached hydrogen (secondary N) is 2. The molecule has 0 aliphatic heterocycles. The third-order valence-corrected chi connectivity index (χ3v) is 12.4. The van der Waals surface area contributed by atoms with E-state index in [4.69, 9.17) is 11.6 Å². The van der Waals surface area contributed by atoms with Gasteiger partial charge >= 0.3 is 11.9 Å². The van der Waals surface area contributed by atoms with E-state index in [0.29, 0.717) is 27.8 Å². The summed E-state index contributed by atoms with van der Waals surface area (Å²) in [5.41, 5.74) is 3.48. The van der Waals surface area contributed by atoms with Gasteiger partial charge in [-0.1, -0.05) is 77.8 Å². The zero-order chi connectivity index (χ0) is 37.3. The SMILES string of the molecule is Cc1ccc(-c2nc(CC(=O)NC3(C(=O)O)Cc4ccc(C5CCCC(NC(=O)Cc6csc(-c7ccccc7Cl)n6)(C(=O)O)C5)cc4C3)cs2)cc1. The number of nitrogens with zero attached hydrogens (tertiary/aromatic N) is 2. The maximum absolute atomic E-state index is 13.3. The Labute approximate surface area is 319 Å². The van der Waals surface area contributed by atoms with Crippen LogP contribution < -0.4 is 10.6 Å². The van der Waals surface area contributed by atoms with Gasteiger partial charge in [0.15, 0.2) is 0 Å². The maximum Gasteiger partial charge on any atom is 0.330 e. The van der Waals surface area contributed by atoms with E-state index in [9.17, 15) is 29.4 Å². The number of amides is 2. The predicted octanol–water partition coefficient (Wildman–Crippen LogP) is 7.02. The number of rotatable bonds is 11. The van der Waals surface area contributed by atoms with Gasteiger partial charge in [0.05, 0.1) is 29.3 Å². The summed E-state index contributed by atoms with van der Waals surface area (Å²) in [6, 6.07) is 21.0. The van der Waals surface area contributed by atoms with Crippen molar-refractivity contribution in [1.29, 1.82) is 0 Å². The molecule has 2 amide bonds. The molecule has 272 valence electrons. The lowest BCUT2D eigenvalue weighted by Gasteiger charge is -2.38. The Hall–Kier alpha value is -4.91. The van der Waals surface area contributed by atoms with E-state index in [1.54, 1.807) is 11.4 Å². The van der Waals surface area contributed by atoms with Crippen LogP contribution in [-0.4, -0.2) is 55.0 Å². The zero-order valence-electron chi connectivity index (χ0n) is 28.9. The van der Waals surface area contributed by atoms with E-state index in [1.807, 2.05) is 73.0 Å². The minimum absolute atomic E-state index is 0.0466. The first-order valence-corrected chi connectivity index (χ1v) is 19.5. The minimum Gasteiger partial charge on any atom is -0.480 e. The molecule has 3 unspecified atom stereocenters. The van der Waals surface area contributed by atoms with Crippen molar-refractivity contribution in [1.82, 2.24) is 20.6 Å². The Morgan fingerprint density at radius 1 is 0.811 bits per heavy atom. The third-order valence-electron chi connectivity index (χ3n) is 10.2. The summed E-state index contributed by atoms with van der Waals surface area (Å²) in [7, 11) is 0. The highest BCUT2D eigenvalue weighted by atomic mass is 35.5. The first kappa shape index (κ1) is 36.4. The smallest absolute Gasteiger partial charge is 0.330 e. The fourth-order valence-corrected chi connectivity index (χ4v) is 9.44. The Bertz CT molecular complexity index is 2220. The average molecular weight is 769 g/mol. The number of carboxylic acids is 2. The van der Waals surface area contributed by atoms with Crippen LogP contribution in [0.2, 0.25) is 5.02 Å². The van der Waals surface area contributed by atoms with E-state index >= 15 is 0 Å². The van der Waals surface area contributed by atoms with Gasteiger partial charge in [-0.25, -0.2) is 19.6 Å². The number of benzene rings is 3. The number of halogens is 1. The van der Waals surface area contributed by atoms with Crippen molar-refractivity contribution >= 4 is 58.0 Å². The number of aliphatic carboxylic acids is 2. The highest BCUT2D eigenvalue weighted by Crippen LogP contribution is 2.41. The van der Waals surface area contributed by atoms with Gasteiger partial charge in [-0.2, -0.15) is 0 Å². The predicted molar refractivity (Wildman–Crippen MR) is 204 cm³/mol. The summed E-state index contributed by atoms with van der Waals surface area (Å²) in [5, 5.41) is 32.1. The number of fused-ring (bicyclic) bond motifs is 1. The second-order valence-electron chi connectivity index (χ2n) is 14.0. The van der Waals surface area contributed by atoms with Gasteiger partial charge in [0, 0.05) is 34.7 Å². The first-order valence-electron chi connectivity index (χ1n) is 17.3. The Kier molecular flexibility index (Phi) is 10.2. The van der Waals surface area contributed by atoms with Crippen molar-refractivity contribution in [2.45, 2.75) is 75.3 Å². The molecular weight excluding hydrogens is 732 g/mol. The first-order chi connectivity index (χ1) is 25.4. The summed E-state index contributed by atoms with van der Waals surface area (Å²) in [6.07, 6.45) is 1.89. The van der Waals surface area contributed by atoms with Crippen LogP contribution >= 0.6 is 34.3 Å². The molecule has 3 atom stereocenters. The van der Waals surface area contributed by atoms with Crippen LogP contribution in [-0.2, 0) is 44.9 Å². The highest BCUT2D eigenvalue weighted by molar-refractivity contribution is 7.13.